The molecule has 6 heteroatoms. The third kappa shape index (κ3) is 2.79. The van der Waals surface area contributed by atoms with Crippen molar-refractivity contribution >= 4 is 5.91 Å². The fourth-order valence-corrected chi connectivity index (χ4v) is 1.53. The van der Waals surface area contributed by atoms with Crippen LogP contribution < -0.4 is 0 Å². The summed E-state index contributed by atoms with van der Waals surface area (Å²) in [6.45, 7) is 1.65. The summed E-state index contributed by atoms with van der Waals surface area (Å²) in [7, 11) is 1.62. The molecule has 2 aromatic heterocycles. The van der Waals surface area contributed by atoms with Crippen molar-refractivity contribution in [1.82, 2.24) is 15.0 Å². The second-order valence-electron chi connectivity index (χ2n) is 4.26. The molecule has 0 fully saturated rings. The molecule has 1 unspecified atom stereocenters. The molecule has 0 aliphatic heterocycles. The molecule has 0 saturated heterocycles. The molecule has 6 nitrogen and oxygen atoms in total. The third-order valence-electron chi connectivity index (χ3n) is 2.94. The van der Waals surface area contributed by atoms with Crippen LogP contribution in [0.15, 0.2) is 35.1 Å². The number of carbonyl (C=O) groups is 1. The van der Waals surface area contributed by atoms with Crippen molar-refractivity contribution in [2.24, 2.45) is 0 Å². The van der Waals surface area contributed by atoms with E-state index in [2.05, 4.69) is 10.1 Å². The highest BCUT2D eigenvalue weighted by molar-refractivity contribution is 5.93. The van der Waals surface area contributed by atoms with Crippen LogP contribution in [-0.4, -0.2) is 45.8 Å². The Balaban J connectivity index is 2.20. The Bertz CT molecular complexity index is 553. The van der Waals surface area contributed by atoms with Gasteiger partial charge < -0.3 is 14.5 Å². The fraction of sp³-hybridized carbons (Fsp3) is 0.308. The molecule has 0 aromatic carbocycles. The smallest absolute Gasteiger partial charge is 0.276 e. The Morgan fingerprint density at radius 2 is 2.16 bits per heavy atom. The van der Waals surface area contributed by atoms with Gasteiger partial charge in [0.2, 0.25) is 0 Å². The van der Waals surface area contributed by atoms with Crippen molar-refractivity contribution in [3.8, 4) is 11.3 Å². The molecule has 0 spiro atoms. The molecule has 0 radical (unpaired) electrons. The summed E-state index contributed by atoms with van der Waals surface area (Å²) in [5.41, 5.74) is 1.02. The topological polar surface area (TPSA) is 79.5 Å². The van der Waals surface area contributed by atoms with Crippen molar-refractivity contribution in [3.05, 3.63) is 36.3 Å². The Labute approximate surface area is 110 Å². The number of likely N-dealkylation sites (N-methyl/N-ethyl adjacent to an activating group) is 1. The minimum Gasteiger partial charge on any atom is -0.394 e. The Morgan fingerprint density at radius 3 is 2.79 bits per heavy atom. The number of hydrogen-bond donors (Lipinski definition) is 1. The molecule has 1 amide bonds. The number of pyridine rings is 1. The zero-order valence-electron chi connectivity index (χ0n) is 10.8. The number of aliphatic hydroxyl groups is 1. The van der Waals surface area contributed by atoms with E-state index in [0.29, 0.717) is 5.76 Å². The van der Waals surface area contributed by atoms with E-state index in [9.17, 15) is 4.79 Å². The molecule has 19 heavy (non-hydrogen) atoms. The summed E-state index contributed by atoms with van der Waals surface area (Å²) in [5.74, 6) is 0.224. The molecular formula is C13H15N3O3. The van der Waals surface area contributed by atoms with Crippen LogP contribution in [0, 0.1) is 0 Å². The molecule has 1 N–H and O–H groups in total. The van der Waals surface area contributed by atoms with Crippen molar-refractivity contribution in [1.29, 1.82) is 0 Å². The third-order valence-corrected chi connectivity index (χ3v) is 2.94. The van der Waals surface area contributed by atoms with E-state index in [0.717, 1.165) is 5.56 Å². The minimum absolute atomic E-state index is 0.0999. The first-order valence-electron chi connectivity index (χ1n) is 5.88. The lowest BCUT2D eigenvalue weighted by Crippen LogP contribution is -2.37. The maximum absolute atomic E-state index is 12.1. The lowest BCUT2D eigenvalue weighted by molar-refractivity contribution is 0.0672. The number of rotatable bonds is 4. The number of aromatic nitrogens is 2. The summed E-state index contributed by atoms with van der Waals surface area (Å²) < 4.78 is 5.15. The number of amides is 1. The largest absolute Gasteiger partial charge is 0.394 e. The van der Waals surface area contributed by atoms with Crippen LogP contribution in [0.1, 0.15) is 17.4 Å². The van der Waals surface area contributed by atoms with Gasteiger partial charge in [0, 0.05) is 31.1 Å². The highest BCUT2D eigenvalue weighted by atomic mass is 16.5. The van der Waals surface area contributed by atoms with Gasteiger partial charge in [0.1, 0.15) is 0 Å². The van der Waals surface area contributed by atoms with Crippen LogP contribution in [-0.2, 0) is 0 Å². The molecule has 1 atom stereocenters. The summed E-state index contributed by atoms with van der Waals surface area (Å²) in [6, 6.07) is 4.86. The van der Waals surface area contributed by atoms with Crippen molar-refractivity contribution in [3.63, 3.8) is 0 Å². The van der Waals surface area contributed by atoms with Gasteiger partial charge in [-0.15, -0.1) is 0 Å². The first kappa shape index (κ1) is 13.2. The van der Waals surface area contributed by atoms with E-state index in [1.807, 2.05) is 0 Å². The number of carbonyl (C=O) groups excluding carboxylic acids is 1. The Hall–Kier alpha value is -2.21. The number of nitrogens with zero attached hydrogens (tertiary/aromatic N) is 3. The Kier molecular flexibility index (Phi) is 3.91. The van der Waals surface area contributed by atoms with Gasteiger partial charge in [0.25, 0.3) is 5.91 Å². The zero-order valence-corrected chi connectivity index (χ0v) is 10.8. The normalized spacial score (nSPS) is 12.2. The molecule has 0 aliphatic carbocycles. The first-order valence-corrected chi connectivity index (χ1v) is 5.88. The van der Waals surface area contributed by atoms with Crippen LogP contribution in [0.4, 0.5) is 0 Å². The molecule has 0 aliphatic rings. The molecular weight excluding hydrogens is 246 g/mol. The van der Waals surface area contributed by atoms with Gasteiger partial charge in [-0.25, -0.2) is 0 Å². The average Bonchev–Trinajstić information content (AvgIpc) is 2.95. The predicted octanol–water partition coefficient (Wildman–Crippen LogP) is 1.19. The van der Waals surface area contributed by atoms with Gasteiger partial charge in [0.15, 0.2) is 11.5 Å². The quantitative estimate of drug-likeness (QED) is 0.894. The van der Waals surface area contributed by atoms with Crippen molar-refractivity contribution in [2.45, 2.75) is 13.0 Å². The summed E-state index contributed by atoms with van der Waals surface area (Å²) in [6.07, 6.45) is 3.28. The highest BCUT2D eigenvalue weighted by Crippen LogP contribution is 2.19. The SMILES string of the molecule is CC(CO)N(C)C(=O)c1cc(-c2ccncc2)on1. The van der Waals surface area contributed by atoms with E-state index in [-0.39, 0.29) is 24.2 Å². The standard InChI is InChI=1S/C13H15N3O3/c1-9(8-17)16(2)13(18)11-7-12(19-15-11)10-3-5-14-6-4-10/h3-7,9,17H,8H2,1-2H3. The maximum atomic E-state index is 12.1. The van der Waals surface area contributed by atoms with Crippen LogP contribution >= 0.6 is 0 Å². The molecule has 2 aromatic rings. The first-order chi connectivity index (χ1) is 9.13. The highest BCUT2D eigenvalue weighted by Gasteiger charge is 2.20. The van der Waals surface area contributed by atoms with E-state index in [1.165, 1.54) is 4.90 Å². The molecule has 100 valence electrons. The van der Waals surface area contributed by atoms with Gasteiger partial charge >= 0.3 is 0 Å². The van der Waals surface area contributed by atoms with Crippen molar-refractivity contribution in [2.75, 3.05) is 13.7 Å². The lowest BCUT2D eigenvalue weighted by atomic mass is 10.2. The van der Waals surface area contributed by atoms with Gasteiger partial charge in [-0.2, -0.15) is 0 Å². The van der Waals surface area contributed by atoms with Crippen LogP contribution in [0.25, 0.3) is 11.3 Å². The number of hydrogen-bond acceptors (Lipinski definition) is 5. The minimum atomic E-state index is -0.286. The average molecular weight is 261 g/mol. The van der Waals surface area contributed by atoms with Crippen molar-refractivity contribution < 1.29 is 14.4 Å². The molecule has 2 rings (SSSR count). The summed E-state index contributed by atoms with van der Waals surface area (Å²) in [5, 5.41) is 12.8. The van der Waals surface area contributed by atoms with Gasteiger partial charge in [-0.05, 0) is 19.1 Å². The predicted molar refractivity (Wildman–Crippen MR) is 68.4 cm³/mol. The van der Waals surface area contributed by atoms with E-state index in [1.54, 1.807) is 44.6 Å². The second kappa shape index (κ2) is 5.62. The second-order valence-corrected chi connectivity index (χ2v) is 4.26. The summed E-state index contributed by atoms with van der Waals surface area (Å²) in [4.78, 5) is 17.4. The van der Waals surface area contributed by atoms with Gasteiger partial charge in [0.05, 0.1) is 12.6 Å². The van der Waals surface area contributed by atoms with Gasteiger partial charge in [-0.3, -0.25) is 9.78 Å². The fourth-order valence-electron chi connectivity index (χ4n) is 1.53. The van der Waals surface area contributed by atoms with Crippen LogP contribution in [0.5, 0.6) is 0 Å². The molecule has 0 saturated carbocycles. The lowest BCUT2D eigenvalue weighted by Gasteiger charge is -2.21. The van der Waals surface area contributed by atoms with Gasteiger partial charge in [-0.1, -0.05) is 5.16 Å². The zero-order chi connectivity index (χ0) is 13.8. The maximum Gasteiger partial charge on any atom is 0.276 e. The van der Waals surface area contributed by atoms with E-state index >= 15 is 0 Å². The van der Waals surface area contributed by atoms with E-state index in [4.69, 9.17) is 9.63 Å². The summed E-state index contributed by atoms with van der Waals surface area (Å²) >= 11 is 0. The molecule has 0 bridgehead atoms. The monoisotopic (exact) mass is 261 g/mol. The van der Waals surface area contributed by atoms with Crippen LogP contribution in [0.2, 0.25) is 0 Å². The Morgan fingerprint density at radius 1 is 1.47 bits per heavy atom. The van der Waals surface area contributed by atoms with Crippen LogP contribution in [0.3, 0.4) is 0 Å². The number of aliphatic hydroxyl groups excluding tert-OH is 1. The molecule has 2 heterocycles. The van der Waals surface area contributed by atoms with E-state index < -0.39 is 0 Å².